The number of ether oxygens (including phenoxy) is 2. The van der Waals surface area contributed by atoms with E-state index in [1.807, 2.05) is 38.4 Å². The number of anilines is 1. The Hall–Kier alpha value is -1.59. The molecule has 0 spiro atoms. The summed E-state index contributed by atoms with van der Waals surface area (Å²) in [5.74, 6) is 0.628. The fourth-order valence-electron chi connectivity index (χ4n) is 1.33. The van der Waals surface area contributed by atoms with Gasteiger partial charge in [0.25, 0.3) is 5.91 Å². The van der Waals surface area contributed by atoms with E-state index in [4.69, 9.17) is 9.47 Å². The summed E-state index contributed by atoms with van der Waals surface area (Å²) in [6.07, 6.45) is -0.462. The van der Waals surface area contributed by atoms with Gasteiger partial charge in [-0.25, -0.2) is 0 Å². The molecule has 106 valence electrons. The largest absolute Gasteiger partial charge is 0.492 e. The van der Waals surface area contributed by atoms with E-state index < -0.39 is 6.10 Å². The van der Waals surface area contributed by atoms with E-state index in [0.717, 1.165) is 18.0 Å². The Kier molecular flexibility index (Phi) is 6.32. The van der Waals surface area contributed by atoms with E-state index in [1.165, 1.54) is 7.11 Å². The van der Waals surface area contributed by atoms with Crippen LogP contribution in [0.5, 0.6) is 5.75 Å². The monoisotopic (exact) mass is 266 g/mol. The number of benzene rings is 1. The van der Waals surface area contributed by atoms with Gasteiger partial charge in [-0.1, -0.05) is 0 Å². The normalized spacial score (nSPS) is 12.3. The Balaban J connectivity index is 2.45. The number of likely N-dealkylation sites (N-methyl/N-ethyl adjacent to an activating group) is 1. The standard InChI is InChI=1S/C14H22N2O3/c1-11(18-4)14(17)15-12-5-7-13(8-6-12)19-10-9-16(2)3/h5-8,11H,9-10H2,1-4H3,(H,15,17). The van der Waals surface area contributed by atoms with Crippen molar-refractivity contribution in [3.8, 4) is 5.75 Å². The molecular formula is C14H22N2O3. The van der Waals surface area contributed by atoms with Crippen LogP contribution in [0.25, 0.3) is 0 Å². The van der Waals surface area contributed by atoms with E-state index in [2.05, 4.69) is 10.2 Å². The molecule has 0 heterocycles. The Morgan fingerprint density at radius 2 is 1.95 bits per heavy atom. The van der Waals surface area contributed by atoms with E-state index >= 15 is 0 Å². The van der Waals surface area contributed by atoms with Gasteiger partial charge in [0.1, 0.15) is 18.5 Å². The van der Waals surface area contributed by atoms with Crippen molar-refractivity contribution in [2.24, 2.45) is 0 Å². The zero-order chi connectivity index (χ0) is 14.3. The number of carbonyl (C=O) groups excluding carboxylic acids is 1. The van der Waals surface area contributed by atoms with E-state index in [9.17, 15) is 4.79 Å². The third-order valence-corrected chi connectivity index (χ3v) is 2.65. The topological polar surface area (TPSA) is 50.8 Å². The molecule has 0 fully saturated rings. The van der Waals surface area contributed by atoms with Crippen molar-refractivity contribution in [1.82, 2.24) is 4.90 Å². The number of methoxy groups -OCH3 is 1. The van der Waals surface area contributed by atoms with Crippen LogP contribution in [0.1, 0.15) is 6.92 Å². The van der Waals surface area contributed by atoms with E-state index in [1.54, 1.807) is 6.92 Å². The van der Waals surface area contributed by atoms with Crippen molar-refractivity contribution in [2.75, 3.05) is 39.7 Å². The number of carbonyl (C=O) groups is 1. The first-order valence-electron chi connectivity index (χ1n) is 6.24. The molecule has 19 heavy (non-hydrogen) atoms. The van der Waals surface area contributed by atoms with Crippen molar-refractivity contribution < 1.29 is 14.3 Å². The SMILES string of the molecule is COC(C)C(=O)Nc1ccc(OCCN(C)C)cc1. The zero-order valence-corrected chi connectivity index (χ0v) is 12.0. The van der Waals surface area contributed by atoms with Gasteiger partial charge >= 0.3 is 0 Å². The van der Waals surface area contributed by atoms with Crippen molar-refractivity contribution in [2.45, 2.75) is 13.0 Å². The van der Waals surface area contributed by atoms with Crippen LogP contribution < -0.4 is 10.1 Å². The van der Waals surface area contributed by atoms with Gasteiger partial charge in [0.2, 0.25) is 0 Å². The Labute approximate surface area is 114 Å². The van der Waals surface area contributed by atoms with E-state index in [0.29, 0.717) is 6.61 Å². The molecule has 1 rings (SSSR count). The first-order chi connectivity index (χ1) is 9.02. The maximum Gasteiger partial charge on any atom is 0.253 e. The molecule has 0 aliphatic heterocycles. The number of nitrogens with zero attached hydrogens (tertiary/aromatic N) is 1. The molecule has 1 aromatic rings. The summed E-state index contributed by atoms with van der Waals surface area (Å²) in [5.41, 5.74) is 0.730. The molecule has 0 aromatic heterocycles. The highest BCUT2D eigenvalue weighted by Gasteiger charge is 2.11. The van der Waals surface area contributed by atoms with Crippen LogP contribution in [-0.4, -0.2) is 51.3 Å². The lowest BCUT2D eigenvalue weighted by Gasteiger charge is -2.12. The van der Waals surface area contributed by atoms with Crippen LogP contribution in [0.3, 0.4) is 0 Å². The average molecular weight is 266 g/mol. The van der Waals surface area contributed by atoms with Crippen molar-refractivity contribution in [3.63, 3.8) is 0 Å². The summed E-state index contributed by atoms with van der Waals surface area (Å²) in [6, 6.07) is 7.29. The summed E-state index contributed by atoms with van der Waals surface area (Å²) in [4.78, 5) is 13.7. The summed E-state index contributed by atoms with van der Waals surface area (Å²) >= 11 is 0. The number of nitrogens with one attached hydrogen (secondary N) is 1. The molecule has 1 atom stereocenters. The molecule has 1 unspecified atom stereocenters. The molecule has 0 radical (unpaired) electrons. The fourth-order valence-corrected chi connectivity index (χ4v) is 1.33. The maximum absolute atomic E-state index is 11.6. The molecule has 0 aliphatic carbocycles. The number of rotatable bonds is 7. The highest BCUT2D eigenvalue weighted by atomic mass is 16.5. The van der Waals surface area contributed by atoms with Crippen molar-refractivity contribution in [1.29, 1.82) is 0 Å². The predicted octanol–water partition coefficient (Wildman–Crippen LogP) is 1.60. The smallest absolute Gasteiger partial charge is 0.253 e. The van der Waals surface area contributed by atoms with Gasteiger partial charge in [0.05, 0.1) is 0 Å². The maximum atomic E-state index is 11.6. The Morgan fingerprint density at radius 1 is 1.32 bits per heavy atom. The summed E-state index contributed by atoms with van der Waals surface area (Å²) in [6.45, 7) is 3.21. The van der Waals surface area contributed by atoms with Crippen LogP contribution in [0.4, 0.5) is 5.69 Å². The van der Waals surface area contributed by atoms with Gasteiger partial charge in [0, 0.05) is 19.3 Å². The zero-order valence-electron chi connectivity index (χ0n) is 12.0. The first-order valence-corrected chi connectivity index (χ1v) is 6.24. The lowest BCUT2D eigenvalue weighted by Crippen LogP contribution is -2.26. The molecule has 0 saturated carbocycles. The van der Waals surface area contributed by atoms with Gasteiger partial charge in [-0.2, -0.15) is 0 Å². The molecule has 1 aromatic carbocycles. The van der Waals surface area contributed by atoms with Crippen LogP contribution in [-0.2, 0) is 9.53 Å². The lowest BCUT2D eigenvalue weighted by molar-refractivity contribution is -0.124. The first kappa shape index (κ1) is 15.5. The summed E-state index contributed by atoms with van der Waals surface area (Å²) < 4.78 is 10.5. The van der Waals surface area contributed by atoms with Gasteiger partial charge < -0.3 is 19.7 Å². The number of amides is 1. The van der Waals surface area contributed by atoms with Gasteiger partial charge in [-0.15, -0.1) is 0 Å². The second-order valence-electron chi connectivity index (χ2n) is 4.54. The van der Waals surface area contributed by atoms with Crippen molar-refractivity contribution >= 4 is 11.6 Å². The minimum atomic E-state index is -0.462. The molecule has 0 aliphatic rings. The van der Waals surface area contributed by atoms with Crippen LogP contribution in [0.2, 0.25) is 0 Å². The summed E-state index contributed by atoms with van der Waals surface area (Å²) in [5, 5.41) is 2.77. The quantitative estimate of drug-likeness (QED) is 0.814. The van der Waals surface area contributed by atoms with Gasteiger partial charge in [0.15, 0.2) is 0 Å². The number of hydrogen-bond donors (Lipinski definition) is 1. The van der Waals surface area contributed by atoms with Crippen molar-refractivity contribution in [3.05, 3.63) is 24.3 Å². The van der Waals surface area contributed by atoms with Gasteiger partial charge in [-0.3, -0.25) is 4.79 Å². The highest BCUT2D eigenvalue weighted by Crippen LogP contribution is 2.16. The minimum absolute atomic E-state index is 0.163. The summed E-state index contributed by atoms with van der Waals surface area (Å²) in [7, 11) is 5.50. The predicted molar refractivity (Wildman–Crippen MR) is 75.6 cm³/mol. The molecule has 1 N–H and O–H groups in total. The fraction of sp³-hybridized carbons (Fsp3) is 0.500. The van der Waals surface area contributed by atoms with E-state index in [-0.39, 0.29) is 5.91 Å². The molecule has 5 heteroatoms. The third-order valence-electron chi connectivity index (χ3n) is 2.65. The third kappa shape index (κ3) is 5.72. The average Bonchev–Trinajstić information content (AvgIpc) is 2.39. The second kappa shape index (κ2) is 7.76. The Bertz CT molecular complexity index is 390. The molecular weight excluding hydrogens is 244 g/mol. The molecule has 0 saturated heterocycles. The lowest BCUT2D eigenvalue weighted by atomic mass is 10.3. The Morgan fingerprint density at radius 3 is 2.47 bits per heavy atom. The van der Waals surface area contributed by atoms with Crippen LogP contribution >= 0.6 is 0 Å². The number of hydrogen-bond acceptors (Lipinski definition) is 4. The highest BCUT2D eigenvalue weighted by molar-refractivity contribution is 5.93. The second-order valence-corrected chi connectivity index (χ2v) is 4.54. The molecule has 5 nitrogen and oxygen atoms in total. The van der Waals surface area contributed by atoms with Crippen LogP contribution in [0.15, 0.2) is 24.3 Å². The van der Waals surface area contributed by atoms with Gasteiger partial charge in [-0.05, 0) is 45.3 Å². The van der Waals surface area contributed by atoms with Crippen LogP contribution in [0, 0.1) is 0 Å². The minimum Gasteiger partial charge on any atom is -0.492 e. The molecule has 1 amide bonds. The molecule has 0 bridgehead atoms.